The Balaban J connectivity index is 2.37. The number of aryl methyl sites for hydroxylation is 1. The van der Waals surface area contributed by atoms with E-state index in [4.69, 9.17) is 23.2 Å². The van der Waals surface area contributed by atoms with Crippen LogP contribution in [0.2, 0.25) is 10.0 Å². The monoisotopic (exact) mass is 366 g/mol. The molecule has 0 saturated carbocycles. The molecule has 0 radical (unpaired) electrons. The zero-order valence-corrected chi connectivity index (χ0v) is 15.5. The van der Waals surface area contributed by atoms with E-state index in [0.29, 0.717) is 21.4 Å². The number of benzene rings is 1. The van der Waals surface area contributed by atoms with Crippen LogP contribution in [0.15, 0.2) is 29.1 Å². The first-order chi connectivity index (χ1) is 11.3. The lowest BCUT2D eigenvalue weighted by atomic mass is 10.1. The molecular weight excluding hydrogens is 347 g/mol. The van der Waals surface area contributed by atoms with Gasteiger partial charge in [-0.05, 0) is 38.5 Å². The number of anilines is 1. The van der Waals surface area contributed by atoms with Gasteiger partial charge in [0.05, 0.1) is 10.0 Å². The summed E-state index contributed by atoms with van der Waals surface area (Å²) in [7, 11) is 0. The molecular formula is C18H20Cl2N2O2. The Morgan fingerprint density at radius 3 is 2.50 bits per heavy atom. The van der Waals surface area contributed by atoms with Crippen molar-refractivity contribution in [1.82, 2.24) is 4.57 Å². The van der Waals surface area contributed by atoms with Gasteiger partial charge in [-0.15, -0.1) is 0 Å². The second-order valence-corrected chi connectivity index (χ2v) is 6.51. The highest BCUT2D eigenvalue weighted by Gasteiger charge is 2.17. The molecule has 0 saturated heterocycles. The maximum absolute atomic E-state index is 12.6. The molecule has 6 heteroatoms. The van der Waals surface area contributed by atoms with Crippen LogP contribution in [0, 0.1) is 13.8 Å². The van der Waals surface area contributed by atoms with E-state index in [2.05, 4.69) is 12.2 Å². The topological polar surface area (TPSA) is 51.1 Å². The third-order valence-electron chi connectivity index (χ3n) is 3.92. The van der Waals surface area contributed by atoms with Crippen LogP contribution in [0.4, 0.5) is 5.69 Å². The van der Waals surface area contributed by atoms with Crippen molar-refractivity contribution >= 4 is 34.8 Å². The predicted molar refractivity (Wildman–Crippen MR) is 99.5 cm³/mol. The normalized spacial score (nSPS) is 10.7. The van der Waals surface area contributed by atoms with Gasteiger partial charge in [0, 0.05) is 29.7 Å². The van der Waals surface area contributed by atoms with Crippen molar-refractivity contribution in [1.29, 1.82) is 0 Å². The highest BCUT2D eigenvalue weighted by Crippen LogP contribution is 2.25. The first-order valence-corrected chi connectivity index (χ1v) is 8.58. The summed E-state index contributed by atoms with van der Waals surface area (Å²) in [5, 5.41) is 3.46. The molecule has 2 aromatic rings. The lowest BCUT2D eigenvalue weighted by Crippen LogP contribution is -2.27. The second kappa shape index (κ2) is 7.86. The lowest BCUT2D eigenvalue weighted by molar-refractivity contribution is 0.102. The fourth-order valence-corrected chi connectivity index (χ4v) is 2.92. The van der Waals surface area contributed by atoms with Gasteiger partial charge in [-0.3, -0.25) is 9.59 Å². The van der Waals surface area contributed by atoms with Crippen LogP contribution < -0.4 is 10.7 Å². The number of halogens is 2. The Morgan fingerprint density at radius 1 is 1.17 bits per heavy atom. The lowest BCUT2D eigenvalue weighted by Gasteiger charge is -2.17. The van der Waals surface area contributed by atoms with E-state index in [-0.39, 0.29) is 11.0 Å². The van der Waals surface area contributed by atoms with Crippen molar-refractivity contribution in [2.75, 3.05) is 5.32 Å². The van der Waals surface area contributed by atoms with Crippen molar-refractivity contribution in [3.63, 3.8) is 0 Å². The molecule has 0 fully saturated rings. The van der Waals surface area contributed by atoms with Gasteiger partial charge in [0.1, 0.15) is 5.56 Å². The summed E-state index contributed by atoms with van der Waals surface area (Å²) in [6, 6.07) is 6.31. The zero-order valence-electron chi connectivity index (χ0n) is 14.0. The van der Waals surface area contributed by atoms with Crippen molar-refractivity contribution < 1.29 is 4.79 Å². The van der Waals surface area contributed by atoms with Crippen LogP contribution in [-0.4, -0.2) is 10.5 Å². The summed E-state index contributed by atoms with van der Waals surface area (Å²) < 4.78 is 2.01. The molecule has 24 heavy (non-hydrogen) atoms. The third-order valence-corrected chi connectivity index (χ3v) is 4.66. The van der Waals surface area contributed by atoms with Crippen LogP contribution in [0.5, 0.6) is 0 Å². The molecule has 4 nitrogen and oxygen atoms in total. The Morgan fingerprint density at radius 2 is 1.88 bits per heavy atom. The van der Waals surface area contributed by atoms with Crippen LogP contribution >= 0.6 is 23.2 Å². The SMILES string of the molecule is CCCCn1c(C)cc(=O)c(C(=O)Nc2ccc(Cl)c(Cl)c2)c1C. The summed E-state index contributed by atoms with van der Waals surface area (Å²) in [6.45, 7) is 6.56. The van der Waals surface area contributed by atoms with Crippen molar-refractivity contribution in [2.24, 2.45) is 0 Å². The van der Waals surface area contributed by atoms with Gasteiger partial charge in [0.25, 0.3) is 5.91 Å². The predicted octanol–water partition coefficient (Wildman–Crippen LogP) is 4.82. The van der Waals surface area contributed by atoms with E-state index < -0.39 is 5.91 Å². The molecule has 0 unspecified atom stereocenters. The standard InChI is InChI=1S/C18H20Cl2N2O2/c1-4-5-8-22-11(2)9-16(23)17(12(22)3)18(24)21-13-6-7-14(19)15(20)10-13/h6-7,9-10H,4-5,8H2,1-3H3,(H,21,24). The molecule has 128 valence electrons. The number of pyridine rings is 1. The Bertz CT molecular complexity index is 828. The van der Waals surface area contributed by atoms with Gasteiger partial charge in [0.15, 0.2) is 5.43 Å². The van der Waals surface area contributed by atoms with Crippen molar-refractivity contribution in [2.45, 2.75) is 40.2 Å². The number of hydrogen-bond donors (Lipinski definition) is 1. The van der Waals surface area contributed by atoms with Gasteiger partial charge in [-0.2, -0.15) is 0 Å². The number of nitrogens with one attached hydrogen (secondary N) is 1. The number of carbonyl (C=O) groups excluding carboxylic acids is 1. The van der Waals surface area contributed by atoms with Gasteiger partial charge in [0.2, 0.25) is 0 Å². The molecule has 0 aliphatic carbocycles. The average molecular weight is 367 g/mol. The fraction of sp³-hybridized carbons (Fsp3) is 0.333. The van der Waals surface area contributed by atoms with E-state index >= 15 is 0 Å². The summed E-state index contributed by atoms with van der Waals surface area (Å²) in [5.41, 5.74) is 1.90. The molecule has 1 aromatic carbocycles. The zero-order chi connectivity index (χ0) is 17.9. The number of amides is 1. The Kier molecular flexibility index (Phi) is 6.08. The van der Waals surface area contributed by atoms with Crippen LogP contribution in [0.3, 0.4) is 0 Å². The first kappa shape index (κ1) is 18.6. The number of carbonyl (C=O) groups is 1. The van der Waals surface area contributed by atoms with Crippen LogP contribution in [-0.2, 0) is 6.54 Å². The summed E-state index contributed by atoms with van der Waals surface area (Å²) >= 11 is 11.8. The summed E-state index contributed by atoms with van der Waals surface area (Å²) in [4.78, 5) is 24.9. The Hall–Kier alpha value is -1.78. The smallest absolute Gasteiger partial charge is 0.261 e. The molecule has 1 aromatic heterocycles. The van der Waals surface area contributed by atoms with Gasteiger partial charge in [-0.25, -0.2) is 0 Å². The minimum atomic E-state index is -0.443. The van der Waals surface area contributed by atoms with Crippen molar-refractivity contribution in [3.8, 4) is 0 Å². The Labute approximate surface area is 151 Å². The second-order valence-electron chi connectivity index (χ2n) is 5.70. The van der Waals surface area contributed by atoms with E-state index in [0.717, 1.165) is 25.1 Å². The summed E-state index contributed by atoms with van der Waals surface area (Å²) in [5.74, 6) is -0.443. The van der Waals surface area contributed by atoms with E-state index in [1.807, 2.05) is 11.5 Å². The van der Waals surface area contributed by atoms with Gasteiger partial charge < -0.3 is 9.88 Å². The molecule has 0 aliphatic rings. The first-order valence-electron chi connectivity index (χ1n) is 7.82. The van der Waals surface area contributed by atoms with Crippen LogP contribution in [0.1, 0.15) is 41.5 Å². The highest BCUT2D eigenvalue weighted by atomic mass is 35.5. The van der Waals surface area contributed by atoms with Crippen molar-refractivity contribution in [3.05, 3.63) is 61.5 Å². The van der Waals surface area contributed by atoms with Gasteiger partial charge in [-0.1, -0.05) is 36.5 Å². The van der Waals surface area contributed by atoms with E-state index in [9.17, 15) is 9.59 Å². The molecule has 0 atom stereocenters. The number of unbranched alkanes of at least 4 members (excludes halogenated alkanes) is 1. The number of aromatic nitrogens is 1. The summed E-state index contributed by atoms with van der Waals surface area (Å²) in [6.07, 6.45) is 2.02. The quantitative estimate of drug-likeness (QED) is 0.823. The number of nitrogens with zero attached hydrogens (tertiary/aromatic N) is 1. The highest BCUT2D eigenvalue weighted by molar-refractivity contribution is 6.42. The molecule has 0 bridgehead atoms. The van der Waals surface area contributed by atoms with Gasteiger partial charge >= 0.3 is 0 Å². The molecule has 1 heterocycles. The number of rotatable bonds is 5. The van der Waals surface area contributed by atoms with Crippen LogP contribution in [0.25, 0.3) is 0 Å². The maximum Gasteiger partial charge on any atom is 0.261 e. The largest absolute Gasteiger partial charge is 0.348 e. The molecule has 0 aliphatic heterocycles. The van der Waals surface area contributed by atoms with E-state index in [1.54, 1.807) is 25.1 Å². The molecule has 1 amide bonds. The maximum atomic E-state index is 12.6. The van der Waals surface area contributed by atoms with E-state index in [1.165, 1.54) is 6.07 Å². The fourth-order valence-electron chi connectivity index (χ4n) is 2.62. The average Bonchev–Trinajstić information content (AvgIpc) is 2.50. The molecule has 1 N–H and O–H groups in total. The third kappa shape index (κ3) is 4.00. The number of hydrogen-bond acceptors (Lipinski definition) is 2. The molecule has 0 spiro atoms. The minimum absolute atomic E-state index is 0.155. The molecule has 2 rings (SSSR count). The minimum Gasteiger partial charge on any atom is -0.348 e.